The van der Waals surface area contributed by atoms with E-state index in [1.807, 2.05) is 5.32 Å². The van der Waals surface area contributed by atoms with Crippen molar-refractivity contribution in [3.8, 4) is 11.3 Å². The minimum absolute atomic E-state index is 0.0405. The maximum absolute atomic E-state index is 14.0. The smallest absolute Gasteiger partial charge is 0.321 e. The molecule has 0 saturated carbocycles. The lowest BCUT2D eigenvalue weighted by atomic mass is 10.1. The first-order chi connectivity index (χ1) is 15.3. The Kier molecular flexibility index (Phi) is 6.12. The van der Waals surface area contributed by atoms with Crippen molar-refractivity contribution in [2.45, 2.75) is 19.3 Å². The molecule has 0 saturated heterocycles. The molecule has 3 heterocycles. The predicted molar refractivity (Wildman–Crippen MR) is 103 cm³/mol. The van der Waals surface area contributed by atoms with Crippen molar-refractivity contribution in [1.82, 2.24) is 19.7 Å². The molecule has 2 amide bonds. The number of aryl methyl sites for hydroxylation is 1. The van der Waals surface area contributed by atoms with Crippen LogP contribution in [0.3, 0.4) is 0 Å². The topological polar surface area (TPSA) is 102 Å². The third kappa shape index (κ3) is 5.27. The zero-order valence-electron chi connectivity index (χ0n) is 16.8. The van der Waals surface area contributed by atoms with Crippen LogP contribution in [-0.4, -0.2) is 31.6 Å². The number of carbonyl (C=O) groups is 2. The quantitative estimate of drug-likeness (QED) is 0.557. The fourth-order valence-corrected chi connectivity index (χ4v) is 2.94. The number of rotatable bonds is 4. The van der Waals surface area contributed by atoms with E-state index in [0.717, 1.165) is 31.6 Å². The van der Waals surface area contributed by atoms with Crippen LogP contribution in [0.1, 0.15) is 28.7 Å². The zero-order valence-corrected chi connectivity index (χ0v) is 16.8. The number of halogens is 6. The van der Waals surface area contributed by atoms with Gasteiger partial charge < -0.3 is 10.6 Å². The number of carbonyl (C=O) groups excluding carboxylic acids is 2. The van der Waals surface area contributed by atoms with Gasteiger partial charge in [0.2, 0.25) is 5.91 Å². The van der Waals surface area contributed by atoms with E-state index in [4.69, 9.17) is 0 Å². The van der Waals surface area contributed by atoms with Gasteiger partial charge in [-0.1, -0.05) is 0 Å². The highest BCUT2D eigenvalue weighted by Gasteiger charge is 2.42. The fourth-order valence-electron chi connectivity index (χ4n) is 2.94. The average molecular weight is 472 g/mol. The summed E-state index contributed by atoms with van der Waals surface area (Å²) in [6.07, 6.45) is -7.96. The Morgan fingerprint density at radius 3 is 2.21 bits per heavy atom. The number of anilines is 2. The Hall–Kier alpha value is -3.97. The van der Waals surface area contributed by atoms with E-state index in [2.05, 4.69) is 20.4 Å². The van der Waals surface area contributed by atoms with Crippen molar-refractivity contribution >= 4 is 23.3 Å². The van der Waals surface area contributed by atoms with E-state index in [1.54, 1.807) is 0 Å². The molecule has 0 fully saturated rings. The second-order valence-electron chi connectivity index (χ2n) is 6.69. The summed E-state index contributed by atoms with van der Waals surface area (Å²) in [5, 5.41) is 8.13. The lowest BCUT2D eigenvalue weighted by Crippen LogP contribution is -2.21. The highest BCUT2D eigenvalue weighted by Crippen LogP contribution is 2.39. The Labute approximate surface area is 181 Å². The van der Waals surface area contributed by atoms with E-state index in [-0.39, 0.29) is 11.4 Å². The first kappa shape index (κ1) is 23.7. The van der Waals surface area contributed by atoms with Crippen molar-refractivity contribution in [1.29, 1.82) is 0 Å². The number of nitrogens with one attached hydrogen (secondary N) is 2. The maximum atomic E-state index is 14.0. The summed E-state index contributed by atoms with van der Waals surface area (Å²) in [5.41, 5.74) is -4.80. The van der Waals surface area contributed by atoms with Crippen molar-refractivity contribution in [2.24, 2.45) is 7.05 Å². The lowest BCUT2D eigenvalue weighted by molar-refractivity contribution is -0.141. The number of aromatic nitrogens is 4. The van der Waals surface area contributed by atoms with Gasteiger partial charge in [0.25, 0.3) is 5.91 Å². The van der Waals surface area contributed by atoms with Gasteiger partial charge in [0.1, 0.15) is 28.5 Å². The summed E-state index contributed by atoms with van der Waals surface area (Å²) in [6, 6.07) is 3.83. The zero-order chi connectivity index (χ0) is 24.6. The Morgan fingerprint density at radius 1 is 0.939 bits per heavy atom. The summed E-state index contributed by atoms with van der Waals surface area (Å²) in [5.74, 6) is -1.88. The minimum Gasteiger partial charge on any atom is -0.321 e. The van der Waals surface area contributed by atoms with Gasteiger partial charge in [-0.3, -0.25) is 19.3 Å². The van der Waals surface area contributed by atoms with Crippen LogP contribution in [0.25, 0.3) is 11.3 Å². The number of hydrogen-bond donors (Lipinski definition) is 2. The standard InChI is InChI=1S/C19H14F6N6O2/c1-9(32)28-13-7-10(3-5-27-13)15-14(19(23,24)25)16(31(2)30-15)17(33)29-11-4-6-26-12(8-11)18(20,21)22/h3-8H,1-2H3,(H,26,29,33)(H,27,28,32). The summed E-state index contributed by atoms with van der Waals surface area (Å²) in [6.45, 7) is 1.18. The molecule has 0 aromatic carbocycles. The normalized spacial score (nSPS) is 11.9. The molecule has 0 bridgehead atoms. The van der Waals surface area contributed by atoms with Crippen LogP contribution in [0.4, 0.5) is 37.8 Å². The van der Waals surface area contributed by atoms with Crippen LogP contribution >= 0.6 is 0 Å². The van der Waals surface area contributed by atoms with Crippen LogP contribution in [0, 0.1) is 0 Å². The van der Waals surface area contributed by atoms with Gasteiger partial charge in [0, 0.05) is 37.6 Å². The van der Waals surface area contributed by atoms with Gasteiger partial charge in [-0.2, -0.15) is 31.4 Å². The van der Waals surface area contributed by atoms with Crippen LogP contribution < -0.4 is 10.6 Å². The molecular weight excluding hydrogens is 458 g/mol. The Morgan fingerprint density at radius 2 is 1.61 bits per heavy atom. The first-order valence-electron chi connectivity index (χ1n) is 9.00. The third-order valence-electron chi connectivity index (χ3n) is 4.19. The monoisotopic (exact) mass is 472 g/mol. The van der Waals surface area contributed by atoms with Crippen LogP contribution in [0.15, 0.2) is 36.7 Å². The minimum atomic E-state index is -5.05. The molecular formula is C19H14F6N6O2. The predicted octanol–water partition coefficient (Wildman–Crippen LogP) is 4.13. The van der Waals surface area contributed by atoms with Gasteiger partial charge in [-0.25, -0.2) is 4.98 Å². The number of amides is 2. The van der Waals surface area contributed by atoms with Crippen molar-refractivity contribution in [2.75, 3.05) is 10.6 Å². The molecule has 8 nitrogen and oxygen atoms in total. The maximum Gasteiger partial charge on any atom is 0.433 e. The average Bonchev–Trinajstić information content (AvgIpc) is 3.05. The molecule has 14 heteroatoms. The van der Waals surface area contributed by atoms with Crippen molar-refractivity contribution < 1.29 is 35.9 Å². The number of alkyl halides is 6. The fraction of sp³-hybridized carbons (Fsp3) is 0.211. The van der Waals surface area contributed by atoms with Gasteiger partial charge in [-0.05, 0) is 24.3 Å². The molecule has 0 radical (unpaired) electrons. The van der Waals surface area contributed by atoms with Crippen molar-refractivity contribution in [3.05, 3.63) is 53.6 Å². The lowest BCUT2D eigenvalue weighted by Gasteiger charge is -2.12. The second-order valence-corrected chi connectivity index (χ2v) is 6.69. The summed E-state index contributed by atoms with van der Waals surface area (Å²) in [7, 11) is 1.08. The molecule has 3 aromatic rings. The summed E-state index contributed by atoms with van der Waals surface area (Å²) >= 11 is 0. The molecule has 0 aliphatic heterocycles. The number of hydrogen-bond acceptors (Lipinski definition) is 5. The van der Waals surface area contributed by atoms with Crippen LogP contribution in [0.2, 0.25) is 0 Å². The van der Waals surface area contributed by atoms with Gasteiger partial charge in [0.05, 0.1) is 0 Å². The van der Waals surface area contributed by atoms with Gasteiger partial charge >= 0.3 is 12.4 Å². The second kappa shape index (κ2) is 8.52. The number of nitrogens with zero attached hydrogens (tertiary/aromatic N) is 4. The highest BCUT2D eigenvalue weighted by molar-refractivity contribution is 6.05. The first-order valence-corrected chi connectivity index (χ1v) is 9.00. The molecule has 2 N–H and O–H groups in total. The molecule has 0 aliphatic carbocycles. The van der Waals surface area contributed by atoms with Crippen LogP contribution in [-0.2, 0) is 24.2 Å². The van der Waals surface area contributed by atoms with Gasteiger partial charge in [-0.15, -0.1) is 0 Å². The van der Waals surface area contributed by atoms with Crippen molar-refractivity contribution in [3.63, 3.8) is 0 Å². The Bertz CT molecular complexity index is 1220. The molecule has 0 unspecified atom stereocenters. The molecule has 3 aromatic heterocycles. The van der Waals surface area contributed by atoms with Crippen LogP contribution in [0.5, 0.6) is 0 Å². The molecule has 0 aliphatic rings. The van der Waals surface area contributed by atoms with E-state index in [9.17, 15) is 35.9 Å². The molecule has 174 valence electrons. The molecule has 33 heavy (non-hydrogen) atoms. The Balaban J connectivity index is 2.06. The summed E-state index contributed by atoms with van der Waals surface area (Å²) in [4.78, 5) is 30.8. The van der Waals surface area contributed by atoms with E-state index >= 15 is 0 Å². The summed E-state index contributed by atoms with van der Waals surface area (Å²) < 4.78 is 81.1. The van der Waals surface area contributed by atoms with E-state index in [0.29, 0.717) is 10.7 Å². The van der Waals surface area contributed by atoms with E-state index in [1.165, 1.54) is 13.0 Å². The molecule has 0 atom stereocenters. The molecule has 3 rings (SSSR count). The van der Waals surface area contributed by atoms with E-state index < -0.39 is 52.5 Å². The third-order valence-corrected chi connectivity index (χ3v) is 4.19. The highest BCUT2D eigenvalue weighted by atomic mass is 19.4. The number of pyridine rings is 2. The molecule has 0 spiro atoms. The SMILES string of the molecule is CC(=O)Nc1cc(-c2nn(C)c(C(=O)Nc3ccnc(C(F)(F)F)c3)c2C(F)(F)F)ccn1. The largest absolute Gasteiger partial charge is 0.433 e. The van der Waals surface area contributed by atoms with Gasteiger partial charge in [0.15, 0.2) is 0 Å².